The molecule has 0 atom stereocenters. The first-order valence-electron chi connectivity index (χ1n) is 12.3. The normalized spacial score (nSPS) is 15.0. The van der Waals surface area contributed by atoms with Crippen molar-refractivity contribution < 1.29 is 36.6 Å². The van der Waals surface area contributed by atoms with Crippen LogP contribution in [0.2, 0.25) is 0 Å². The van der Waals surface area contributed by atoms with E-state index in [0.29, 0.717) is 18.7 Å². The van der Waals surface area contributed by atoms with E-state index in [9.17, 15) is 36.6 Å². The van der Waals surface area contributed by atoms with Crippen molar-refractivity contribution in [1.29, 1.82) is 0 Å². The first-order chi connectivity index (χ1) is 18.3. The molecule has 3 N–H and O–H groups in total. The van der Waals surface area contributed by atoms with Crippen molar-refractivity contribution in [2.75, 3.05) is 19.6 Å². The van der Waals surface area contributed by atoms with Crippen molar-refractivity contribution in [1.82, 2.24) is 24.4 Å². The maximum absolute atomic E-state index is 13.1. The number of amides is 1. The number of nitrogens with zero attached hydrogens (tertiary/aromatic N) is 4. The highest BCUT2D eigenvalue weighted by Gasteiger charge is 2.31. The van der Waals surface area contributed by atoms with E-state index in [1.54, 1.807) is 19.2 Å². The number of phenolic OH excluding ortho intramolecular Hbond substituents is 2. The standard InChI is InChI=1S/C25H28F3N5O5S/c1-15(2)18-12-19(21(35)13-20(18)34)22-30-31-23(24(36)29-14-25(26,27)28)33(22)16-6-8-17(9-7-16)39(37,38)32-10-4-3-5-11-32/h6-9,12-13,15,34-35H,3-5,10-11,14H2,1-2H3,(H,29,36). The zero-order valence-electron chi connectivity index (χ0n) is 21.2. The maximum atomic E-state index is 13.1. The number of hydrogen-bond acceptors (Lipinski definition) is 7. The van der Waals surface area contributed by atoms with Crippen LogP contribution in [0.5, 0.6) is 11.5 Å². The van der Waals surface area contributed by atoms with Crippen molar-refractivity contribution in [2.24, 2.45) is 0 Å². The monoisotopic (exact) mass is 567 g/mol. The molecule has 0 spiro atoms. The highest BCUT2D eigenvalue weighted by molar-refractivity contribution is 7.89. The minimum absolute atomic E-state index is 0.0143. The lowest BCUT2D eigenvalue weighted by Crippen LogP contribution is -2.35. The van der Waals surface area contributed by atoms with Crippen LogP contribution in [0.15, 0.2) is 41.3 Å². The van der Waals surface area contributed by atoms with Crippen molar-refractivity contribution in [3.63, 3.8) is 0 Å². The molecule has 2 aromatic carbocycles. The molecule has 0 aliphatic carbocycles. The summed E-state index contributed by atoms with van der Waals surface area (Å²) in [7, 11) is -3.77. The predicted molar refractivity (Wildman–Crippen MR) is 135 cm³/mol. The number of alkyl halides is 3. The molecule has 0 bridgehead atoms. The number of carbonyl (C=O) groups is 1. The maximum Gasteiger partial charge on any atom is 0.405 e. The van der Waals surface area contributed by atoms with Crippen molar-refractivity contribution in [2.45, 2.75) is 50.1 Å². The molecule has 1 saturated heterocycles. The average Bonchev–Trinajstić information content (AvgIpc) is 3.32. The number of halogens is 3. The van der Waals surface area contributed by atoms with E-state index in [-0.39, 0.29) is 33.6 Å². The van der Waals surface area contributed by atoms with Crippen LogP contribution in [0.1, 0.15) is 55.2 Å². The lowest BCUT2D eigenvalue weighted by molar-refractivity contribution is -0.123. The second-order valence-electron chi connectivity index (χ2n) is 9.52. The minimum Gasteiger partial charge on any atom is -0.508 e. The fourth-order valence-electron chi connectivity index (χ4n) is 4.37. The first-order valence-corrected chi connectivity index (χ1v) is 13.7. The van der Waals surface area contributed by atoms with E-state index >= 15 is 0 Å². The van der Waals surface area contributed by atoms with Gasteiger partial charge < -0.3 is 15.5 Å². The summed E-state index contributed by atoms with van der Waals surface area (Å²) >= 11 is 0. The molecular weight excluding hydrogens is 539 g/mol. The molecule has 1 aliphatic heterocycles. The molecule has 1 amide bonds. The van der Waals surface area contributed by atoms with E-state index in [1.807, 2.05) is 0 Å². The van der Waals surface area contributed by atoms with Gasteiger partial charge in [-0.25, -0.2) is 8.42 Å². The highest BCUT2D eigenvalue weighted by atomic mass is 32.2. The topological polar surface area (TPSA) is 138 Å². The largest absolute Gasteiger partial charge is 0.508 e. The Morgan fingerprint density at radius 3 is 2.26 bits per heavy atom. The van der Waals surface area contributed by atoms with Crippen molar-refractivity contribution in [3.05, 3.63) is 47.8 Å². The van der Waals surface area contributed by atoms with E-state index in [0.717, 1.165) is 29.9 Å². The summed E-state index contributed by atoms with van der Waals surface area (Å²) in [5.74, 6) is -2.55. The SMILES string of the molecule is CC(C)c1cc(-c2nnc(C(=O)NCC(F)(F)F)n2-c2ccc(S(=O)(=O)N3CCCCC3)cc2)c(O)cc1O. The zero-order chi connectivity index (χ0) is 28.5. The molecule has 4 rings (SSSR count). The number of hydrogen-bond donors (Lipinski definition) is 3. The van der Waals surface area contributed by atoms with Gasteiger partial charge in [0.15, 0.2) is 5.82 Å². The Labute approximate surface area is 223 Å². The van der Waals surface area contributed by atoms with Gasteiger partial charge >= 0.3 is 6.18 Å². The van der Waals surface area contributed by atoms with E-state index in [4.69, 9.17) is 0 Å². The lowest BCUT2D eigenvalue weighted by Gasteiger charge is -2.26. The van der Waals surface area contributed by atoms with Gasteiger partial charge in [-0.15, -0.1) is 10.2 Å². The summed E-state index contributed by atoms with van der Waals surface area (Å²) in [6.07, 6.45) is -2.21. The van der Waals surface area contributed by atoms with Gasteiger partial charge in [0.1, 0.15) is 18.0 Å². The van der Waals surface area contributed by atoms with Crippen molar-refractivity contribution >= 4 is 15.9 Å². The van der Waals surface area contributed by atoms with Crippen LogP contribution in [0.4, 0.5) is 13.2 Å². The number of piperidine rings is 1. The Morgan fingerprint density at radius 1 is 1.03 bits per heavy atom. The van der Waals surface area contributed by atoms with E-state index in [1.165, 1.54) is 34.6 Å². The summed E-state index contributed by atoms with van der Waals surface area (Å²) in [5, 5.41) is 30.3. The summed E-state index contributed by atoms with van der Waals surface area (Å²) in [4.78, 5) is 12.8. The quantitative estimate of drug-likeness (QED) is 0.393. The van der Waals surface area contributed by atoms with Gasteiger partial charge in [0, 0.05) is 24.8 Å². The Kier molecular flexibility index (Phi) is 7.89. The smallest absolute Gasteiger partial charge is 0.405 e. The first kappa shape index (κ1) is 28.4. The number of rotatable bonds is 7. The molecule has 1 aromatic heterocycles. The molecule has 2 heterocycles. The molecule has 1 fully saturated rings. The van der Waals surface area contributed by atoms with Gasteiger partial charge in [0.25, 0.3) is 5.91 Å². The molecule has 3 aromatic rings. The molecule has 14 heteroatoms. The molecule has 210 valence electrons. The number of nitrogens with one attached hydrogen (secondary N) is 1. The number of phenols is 2. The van der Waals surface area contributed by atoms with Gasteiger partial charge in [-0.1, -0.05) is 20.3 Å². The number of carbonyl (C=O) groups excluding carboxylic acids is 1. The Bertz CT molecular complexity index is 1460. The van der Waals surface area contributed by atoms with E-state index in [2.05, 4.69) is 10.2 Å². The third-order valence-electron chi connectivity index (χ3n) is 6.37. The molecule has 1 aliphatic rings. The van der Waals surface area contributed by atoms with Crippen LogP contribution in [0.3, 0.4) is 0 Å². The molecule has 39 heavy (non-hydrogen) atoms. The van der Waals surface area contributed by atoms with Gasteiger partial charge in [-0.05, 0) is 54.7 Å². The van der Waals surface area contributed by atoms with Gasteiger partial charge in [-0.2, -0.15) is 17.5 Å². The lowest BCUT2D eigenvalue weighted by atomic mass is 9.98. The fourth-order valence-corrected chi connectivity index (χ4v) is 5.88. The molecule has 10 nitrogen and oxygen atoms in total. The van der Waals surface area contributed by atoms with Gasteiger partial charge in [0.2, 0.25) is 15.8 Å². The molecule has 0 unspecified atom stereocenters. The predicted octanol–water partition coefficient (Wildman–Crippen LogP) is 3.94. The Hall–Kier alpha value is -3.65. The third-order valence-corrected chi connectivity index (χ3v) is 8.28. The Balaban J connectivity index is 1.82. The summed E-state index contributed by atoms with van der Waals surface area (Å²) in [5.41, 5.74) is 0.676. The second kappa shape index (κ2) is 10.8. The molecular formula is C25H28F3N5O5S. The zero-order valence-corrected chi connectivity index (χ0v) is 22.1. The van der Waals surface area contributed by atoms with Crippen LogP contribution in [-0.4, -0.2) is 69.4 Å². The van der Waals surface area contributed by atoms with Crippen LogP contribution in [-0.2, 0) is 10.0 Å². The number of aromatic nitrogens is 3. The minimum atomic E-state index is -4.67. The average molecular weight is 568 g/mol. The number of sulfonamides is 1. The van der Waals surface area contributed by atoms with Crippen molar-refractivity contribution in [3.8, 4) is 28.6 Å². The second-order valence-corrected chi connectivity index (χ2v) is 11.5. The molecule has 0 saturated carbocycles. The number of benzene rings is 2. The van der Waals surface area contributed by atoms with Crippen LogP contribution in [0, 0.1) is 0 Å². The third kappa shape index (κ3) is 6.01. The van der Waals surface area contributed by atoms with Crippen LogP contribution < -0.4 is 5.32 Å². The number of aromatic hydroxyl groups is 2. The van der Waals surface area contributed by atoms with Crippen LogP contribution >= 0.6 is 0 Å². The van der Waals surface area contributed by atoms with Crippen LogP contribution in [0.25, 0.3) is 17.1 Å². The summed E-state index contributed by atoms with van der Waals surface area (Å²) < 4.78 is 67.0. The van der Waals surface area contributed by atoms with Gasteiger partial charge in [0.05, 0.1) is 10.5 Å². The van der Waals surface area contributed by atoms with E-state index < -0.39 is 40.2 Å². The Morgan fingerprint density at radius 2 is 1.67 bits per heavy atom. The highest BCUT2D eigenvalue weighted by Crippen LogP contribution is 2.38. The fraction of sp³-hybridized carbons (Fsp3) is 0.400. The summed E-state index contributed by atoms with van der Waals surface area (Å²) in [6.45, 7) is 2.81. The summed E-state index contributed by atoms with van der Waals surface area (Å²) in [6, 6.07) is 7.97. The van der Waals surface area contributed by atoms with Gasteiger partial charge in [-0.3, -0.25) is 9.36 Å². The molecule has 0 radical (unpaired) electrons.